The summed E-state index contributed by atoms with van der Waals surface area (Å²) in [5.74, 6) is -5.32. The van der Waals surface area contributed by atoms with Crippen LogP contribution in [0.5, 0.6) is 0 Å². The summed E-state index contributed by atoms with van der Waals surface area (Å²) in [5.41, 5.74) is 0.964. The lowest BCUT2D eigenvalue weighted by molar-refractivity contribution is -0.141. The van der Waals surface area contributed by atoms with Gasteiger partial charge in [0.05, 0.1) is 16.6 Å². The lowest BCUT2D eigenvalue weighted by Gasteiger charge is -2.41. The summed E-state index contributed by atoms with van der Waals surface area (Å²) in [6, 6.07) is 0. The molecule has 1 aliphatic rings. The first-order valence-corrected chi connectivity index (χ1v) is 8.07. The maximum Gasteiger partial charge on any atom is 0.413 e. The lowest BCUT2D eigenvalue weighted by atomic mass is 9.62. The zero-order valence-corrected chi connectivity index (χ0v) is 14.8. The maximum absolute atomic E-state index is 14.5. The molecule has 0 fully saturated rings. The minimum atomic E-state index is -5.00. The van der Waals surface area contributed by atoms with Crippen molar-refractivity contribution in [1.29, 1.82) is 0 Å². The largest absolute Gasteiger partial charge is 0.413 e. The molecule has 1 aromatic rings. The van der Waals surface area contributed by atoms with Gasteiger partial charge >= 0.3 is 6.18 Å². The van der Waals surface area contributed by atoms with Crippen molar-refractivity contribution in [3.8, 4) is 0 Å². The third-order valence-electron chi connectivity index (χ3n) is 4.79. The Morgan fingerprint density at radius 2 is 2.00 bits per heavy atom. The maximum atomic E-state index is 14.5. The van der Waals surface area contributed by atoms with Crippen LogP contribution >= 0.6 is 0 Å². The quantitative estimate of drug-likeness (QED) is 0.745. The smallest absolute Gasteiger partial charge is 0.369 e. The number of hydrogen-bond donors (Lipinski definition) is 2. The van der Waals surface area contributed by atoms with Crippen LogP contribution in [0.15, 0.2) is 23.0 Å². The minimum absolute atomic E-state index is 0.109. The van der Waals surface area contributed by atoms with E-state index in [2.05, 4.69) is 20.8 Å². The van der Waals surface area contributed by atoms with Crippen molar-refractivity contribution in [2.24, 2.45) is 17.1 Å². The SMILES string of the molecule is CCn1nnnc1NC(=O)C1=C(F)C=C(C(F)(F)F)C(CC)(C(N)=O)C1C. The van der Waals surface area contributed by atoms with Gasteiger partial charge in [0.2, 0.25) is 11.9 Å². The van der Waals surface area contributed by atoms with Crippen molar-refractivity contribution in [3.63, 3.8) is 0 Å². The Bertz CT molecular complexity index is 829. The highest BCUT2D eigenvalue weighted by atomic mass is 19.4. The third kappa shape index (κ3) is 3.30. The Balaban J connectivity index is 2.57. The van der Waals surface area contributed by atoms with Crippen LogP contribution in [-0.2, 0) is 16.1 Å². The molecule has 2 unspecified atom stereocenters. The molecule has 1 aliphatic carbocycles. The van der Waals surface area contributed by atoms with Gasteiger partial charge in [-0.05, 0) is 29.8 Å². The number of hydrogen-bond acceptors (Lipinski definition) is 5. The summed E-state index contributed by atoms with van der Waals surface area (Å²) in [4.78, 5) is 24.6. The Morgan fingerprint density at radius 3 is 2.48 bits per heavy atom. The van der Waals surface area contributed by atoms with Gasteiger partial charge < -0.3 is 5.73 Å². The summed E-state index contributed by atoms with van der Waals surface area (Å²) < 4.78 is 56.1. The second-order valence-corrected chi connectivity index (χ2v) is 6.00. The van der Waals surface area contributed by atoms with Crippen molar-refractivity contribution < 1.29 is 27.2 Å². The molecule has 12 heteroatoms. The van der Waals surface area contributed by atoms with Crippen LogP contribution in [0.2, 0.25) is 0 Å². The molecule has 3 N–H and O–H groups in total. The predicted octanol–water partition coefficient (Wildman–Crippen LogP) is 1.88. The van der Waals surface area contributed by atoms with Crippen LogP contribution in [0.3, 0.4) is 0 Å². The molecule has 0 saturated heterocycles. The normalized spacial score (nSPS) is 23.2. The lowest BCUT2D eigenvalue weighted by Crippen LogP contribution is -2.50. The van der Waals surface area contributed by atoms with E-state index in [1.165, 1.54) is 11.6 Å². The number of nitrogens with two attached hydrogens (primary N) is 1. The molecule has 8 nitrogen and oxygen atoms in total. The second kappa shape index (κ2) is 7.08. The highest BCUT2D eigenvalue weighted by Gasteiger charge is 2.57. The van der Waals surface area contributed by atoms with Gasteiger partial charge in [-0.15, -0.1) is 0 Å². The number of primary amides is 1. The molecule has 1 aromatic heterocycles. The number of tetrazole rings is 1. The topological polar surface area (TPSA) is 116 Å². The zero-order valence-electron chi connectivity index (χ0n) is 14.8. The van der Waals surface area contributed by atoms with Gasteiger partial charge in [-0.2, -0.15) is 13.2 Å². The molecule has 2 rings (SSSR count). The van der Waals surface area contributed by atoms with Crippen LogP contribution in [0.25, 0.3) is 0 Å². The third-order valence-corrected chi connectivity index (χ3v) is 4.79. The average molecular weight is 390 g/mol. The van der Waals surface area contributed by atoms with Gasteiger partial charge in [0.25, 0.3) is 5.91 Å². The number of alkyl halides is 3. The van der Waals surface area contributed by atoms with Gasteiger partial charge in [-0.25, -0.2) is 9.07 Å². The van der Waals surface area contributed by atoms with Crippen molar-refractivity contribution in [2.75, 3.05) is 5.32 Å². The first-order chi connectivity index (χ1) is 12.5. The number of nitrogens with one attached hydrogen (secondary N) is 1. The second-order valence-electron chi connectivity index (χ2n) is 6.00. The molecule has 1 heterocycles. The molecular weight excluding hydrogens is 372 g/mol. The van der Waals surface area contributed by atoms with Gasteiger partial charge in [0.15, 0.2) is 0 Å². The predicted molar refractivity (Wildman–Crippen MR) is 85.5 cm³/mol. The number of carbonyl (C=O) groups excluding carboxylic acids is 2. The number of halogens is 4. The highest BCUT2D eigenvalue weighted by Crippen LogP contribution is 2.53. The zero-order chi connectivity index (χ0) is 20.6. The van der Waals surface area contributed by atoms with Crippen LogP contribution in [0, 0.1) is 11.3 Å². The molecule has 27 heavy (non-hydrogen) atoms. The molecule has 2 atom stereocenters. The van der Waals surface area contributed by atoms with E-state index in [-0.39, 0.29) is 25.0 Å². The standard InChI is InChI=1S/C15H18F4N6O2/c1-4-14(12(20)27)7(3)10(8(16)6-9(14)15(17,18)19)11(26)21-13-22-23-24-25(13)5-2/h6-7H,4-5H2,1-3H3,(H2,20,27)(H,21,22,24,26). The summed E-state index contributed by atoms with van der Waals surface area (Å²) >= 11 is 0. The molecule has 0 spiro atoms. The average Bonchev–Trinajstić information content (AvgIpc) is 3.00. The molecule has 0 radical (unpaired) electrons. The van der Waals surface area contributed by atoms with Crippen LogP contribution < -0.4 is 11.1 Å². The van der Waals surface area contributed by atoms with Crippen molar-refractivity contribution in [3.05, 3.63) is 23.0 Å². The number of nitrogens with zero attached hydrogens (tertiary/aromatic N) is 4. The highest BCUT2D eigenvalue weighted by molar-refractivity contribution is 6.05. The fraction of sp³-hybridized carbons (Fsp3) is 0.533. The first-order valence-electron chi connectivity index (χ1n) is 8.07. The summed E-state index contributed by atoms with van der Waals surface area (Å²) in [7, 11) is 0. The Morgan fingerprint density at radius 1 is 1.37 bits per heavy atom. The van der Waals surface area contributed by atoms with E-state index in [0.717, 1.165) is 6.92 Å². The molecule has 148 valence electrons. The van der Waals surface area contributed by atoms with Gasteiger partial charge in [-0.3, -0.25) is 14.9 Å². The minimum Gasteiger partial charge on any atom is -0.369 e. The molecule has 0 aromatic carbocycles. The number of amides is 2. The first kappa shape index (κ1) is 20.5. The molecule has 0 aliphatic heterocycles. The van der Waals surface area contributed by atoms with E-state index in [4.69, 9.17) is 5.73 Å². The van der Waals surface area contributed by atoms with Gasteiger partial charge in [0, 0.05) is 12.5 Å². The van der Waals surface area contributed by atoms with E-state index in [9.17, 15) is 27.2 Å². The van der Waals surface area contributed by atoms with E-state index in [1.807, 2.05) is 0 Å². The van der Waals surface area contributed by atoms with E-state index in [1.54, 1.807) is 6.92 Å². The number of carbonyl (C=O) groups is 2. The van der Waals surface area contributed by atoms with Crippen molar-refractivity contribution in [2.45, 2.75) is 39.9 Å². The monoisotopic (exact) mass is 390 g/mol. The number of rotatable bonds is 5. The molecule has 0 bridgehead atoms. The summed E-state index contributed by atoms with van der Waals surface area (Å²) in [5, 5.41) is 12.7. The molecule has 0 saturated carbocycles. The fourth-order valence-corrected chi connectivity index (χ4v) is 3.35. The van der Waals surface area contributed by atoms with Gasteiger partial charge in [0.1, 0.15) is 5.83 Å². The molecule has 2 amide bonds. The summed E-state index contributed by atoms with van der Waals surface area (Å²) in [6.07, 6.45) is -5.21. The Kier molecular flexibility index (Phi) is 5.38. The number of aryl methyl sites for hydroxylation is 1. The Labute approximate surface area is 151 Å². The van der Waals surface area contributed by atoms with Gasteiger partial charge in [-0.1, -0.05) is 18.9 Å². The Hall–Kier alpha value is -2.79. The molecular formula is C15H18F4N6O2. The number of allylic oxidation sites excluding steroid dienone is 2. The van der Waals surface area contributed by atoms with E-state index < -0.39 is 46.3 Å². The number of anilines is 1. The fourth-order valence-electron chi connectivity index (χ4n) is 3.35. The van der Waals surface area contributed by atoms with E-state index in [0.29, 0.717) is 0 Å². The number of aromatic nitrogens is 4. The summed E-state index contributed by atoms with van der Waals surface area (Å²) in [6.45, 7) is 4.45. The van der Waals surface area contributed by atoms with Crippen LogP contribution in [-0.4, -0.2) is 38.2 Å². The van der Waals surface area contributed by atoms with Crippen LogP contribution in [0.1, 0.15) is 27.2 Å². The van der Waals surface area contributed by atoms with E-state index >= 15 is 0 Å². The van der Waals surface area contributed by atoms with Crippen molar-refractivity contribution in [1.82, 2.24) is 20.2 Å². The van der Waals surface area contributed by atoms with Crippen molar-refractivity contribution >= 4 is 17.8 Å². The van der Waals surface area contributed by atoms with Crippen LogP contribution in [0.4, 0.5) is 23.5 Å².